The van der Waals surface area contributed by atoms with Crippen molar-refractivity contribution in [1.82, 2.24) is 34.4 Å². The molecule has 12 heteroatoms. The predicted octanol–water partition coefficient (Wildman–Crippen LogP) is 3.44. The number of nitrogens with one attached hydrogen (secondary N) is 1. The fraction of sp³-hybridized carbons (Fsp3) is 0.321. The number of nitrogens with zero attached hydrogens (tertiary/aromatic N) is 8. The molecule has 12 nitrogen and oxygen atoms in total. The van der Waals surface area contributed by atoms with E-state index in [-0.39, 0.29) is 6.10 Å². The molecule has 2 fully saturated rings. The van der Waals surface area contributed by atoms with Gasteiger partial charge in [0.15, 0.2) is 5.65 Å². The van der Waals surface area contributed by atoms with Crippen molar-refractivity contribution in [1.29, 1.82) is 0 Å². The fourth-order valence-corrected chi connectivity index (χ4v) is 5.59. The van der Waals surface area contributed by atoms with E-state index in [4.69, 9.17) is 14.2 Å². The van der Waals surface area contributed by atoms with Crippen LogP contribution in [0.15, 0.2) is 55.4 Å². The van der Waals surface area contributed by atoms with Crippen LogP contribution >= 0.6 is 0 Å². The van der Waals surface area contributed by atoms with Crippen molar-refractivity contribution in [2.75, 3.05) is 50.6 Å². The molecule has 2 aliphatic rings. The number of ether oxygens (including phenoxy) is 3. The van der Waals surface area contributed by atoms with E-state index in [2.05, 4.69) is 47.2 Å². The number of fused-ring (bicyclic) bond motifs is 3. The van der Waals surface area contributed by atoms with E-state index >= 15 is 0 Å². The van der Waals surface area contributed by atoms with Crippen LogP contribution in [0.1, 0.15) is 5.56 Å². The number of aromatic nitrogens is 6. The molecule has 0 radical (unpaired) electrons. The summed E-state index contributed by atoms with van der Waals surface area (Å²) in [4.78, 5) is 22.5. The number of hydrogen-bond donors (Lipinski definition) is 1. The van der Waals surface area contributed by atoms with Crippen LogP contribution in [0.4, 0.5) is 17.2 Å². The molecule has 2 aromatic carbocycles. The molecule has 2 atom stereocenters. The topological polar surface area (TPSA) is 115 Å². The average molecular weight is 540 g/mol. The third-order valence-electron chi connectivity index (χ3n) is 7.65. The van der Waals surface area contributed by atoms with Crippen molar-refractivity contribution in [2.45, 2.75) is 19.1 Å². The molecule has 1 N–H and O–H groups in total. The standard InChI is InChI=1S/C28H29N9O3/c1-17-10-18(4-6-21(17)40-25-11-24-30-15-33-37(24)16-32-25)34-28-26-19(29-14-31-28)5-7-22(38-3)27(26)36-12-20-23(13-36)39-9-8-35(20)2/h4-7,10-11,14-16,20,23H,8-9,12-13H2,1-3H3,(H,29,31,34). The van der Waals surface area contributed by atoms with Gasteiger partial charge in [-0.3, -0.25) is 4.90 Å². The Labute approximate surface area is 230 Å². The van der Waals surface area contributed by atoms with Crippen LogP contribution in [-0.4, -0.2) is 87.0 Å². The van der Waals surface area contributed by atoms with Crippen LogP contribution in [0.25, 0.3) is 16.6 Å². The first-order valence-corrected chi connectivity index (χ1v) is 13.2. The molecule has 5 aromatic rings. The maximum atomic E-state index is 6.12. The van der Waals surface area contributed by atoms with Gasteiger partial charge in [-0.15, -0.1) is 0 Å². The molecule has 2 aliphatic heterocycles. The van der Waals surface area contributed by atoms with Gasteiger partial charge in [-0.05, 0) is 49.9 Å². The molecule has 40 heavy (non-hydrogen) atoms. The number of rotatable bonds is 6. The Morgan fingerprint density at radius 2 is 1.90 bits per heavy atom. The number of methoxy groups -OCH3 is 1. The summed E-state index contributed by atoms with van der Waals surface area (Å²) >= 11 is 0. The third-order valence-corrected chi connectivity index (χ3v) is 7.65. The number of aryl methyl sites for hydroxylation is 1. The Morgan fingerprint density at radius 1 is 1.00 bits per heavy atom. The zero-order chi connectivity index (χ0) is 27.2. The molecular weight excluding hydrogens is 510 g/mol. The lowest BCUT2D eigenvalue weighted by atomic mass is 10.1. The van der Waals surface area contributed by atoms with Gasteiger partial charge in [-0.25, -0.2) is 24.5 Å². The average Bonchev–Trinajstić information content (AvgIpc) is 3.62. The molecule has 2 unspecified atom stereocenters. The number of hydrogen-bond acceptors (Lipinski definition) is 11. The van der Waals surface area contributed by atoms with Crippen molar-refractivity contribution in [2.24, 2.45) is 0 Å². The van der Waals surface area contributed by atoms with Crippen molar-refractivity contribution in [3.63, 3.8) is 0 Å². The lowest BCUT2D eigenvalue weighted by molar-refractivity contribution is -0.0362. The Kier molecular flexibility index (Phi) is 6.05. The van der Waals surface area contributed by atoms with Crippen LogP contribution in [0, 0.1) is 6.92 Å². The van der Waals surface area contributed by atoms with Crippen LogP contribution in [0.3, 0.4) is 0 Å². The first kappa shape index (κ1) is 24.5. The lowest BCUT2D eigenvalue weighted by Crippen LogP contribution is -2.48. The molecule has 2 saturated heterocycles. The number of morpholine rings is 1. The minimum Gasteiger partial charge on any atom is -0.495 e. The van der Waals surface area contributed by atoms with Crippen LogP contribution in [0.5, 0.6) is 17.4 Å². The number of benzene rings is 2. The quantitative estimate of drug-likeness (QED) is 0.342. The Morgan fingerprint density at radius 3 is 2.75 bits per heavy atom. The highest BCUT2D eigenvalue weighted by Crippen LogP contribution is 2.42. The first-order valence-electron chi connectivity index (χ1n) is 13.2. The van der Waals surface area contributed by atoms with Crippen molar-refractivity contribution in [3.8, 4) is 17.4 Å². The van der Waals surface area contributed by atoms with Gasteiger partial charge in [0, 0.05) is 31.4 Å². The van der Waals surface area contributed by atoms with Gasteiger partial charge < -0.3 is 24.4 Å². The predicted molar refractivity (Wildman–Crippen MR) is 150 cm³/mol. The summed E-state index contributed by atoms with van der Waals surface area (Å²) in [5.41, 5.74) is 4.29. The van der Waals surface area contributed by atoms with E-state index in [1.165, 1.54) is 6.33 Å². The SMILES string of the molecule is COc1ccc2ncnc(Nc3ccc(Oc4cc5ncnn5cn4)c(C)c3)c2c1N1CC2OCCN(C)C2C1. The maximum Gasteiger partial charge on any atom is 0.224 e. The second kappa shape index (κ2) is 9.88. The molecular formula is C28H29N9O3. The molecule has 0 amide bonds. The zero-order valence-electron chi connectivity index (χ0n) is 22.5. The smallest absolute Gasteiger partial charge is 0.224 e. The van der Waals surface area contributed by atoms with Crippen LogP contribution in [-0.2, 0) is 4.74 Å². The summed E-state index contributed by atoms with van der Waals surface area (Å²) in [5, 5.41) is 8.50. The largest absolute Gasteiger partial charge is 0.495 e. The summed E-state index contributed by atoms with van der Waals surface area (Å²) in [5.74, 6) is 2.63. The zero-order valence-corrected chi connectivity index (χ0v) is 22.5. The summed E-state index contributed by atoms with van der Waals surface area (Å²) in [6.45, 7) is 5.29. The van der Waals surface area contributed by atoms with Crippen molar-refractivity contribution >= 4 is 33.7 Å². The van der Waals surface area contributed by atoms with Gasteiger partial charge in [-0.1, -0.05) is 0 Å². The summed E-state index contributed by atoms with van der Waals surface area (Å²) in [6, 6.07) is 11.9. The molecule has 0 aliphatic carbocycles. The molecule has 0 spiro atoms. The van der Waals surface area contributed by atoms with Crippen LogP contribution < -0.4 is 19.7 Å². The maximum absolute atomic E-state index is 6.12. The Bertz CT molecular complexity index is 1710. The van der Waals surface area contributed by atoms with Gasteiger partial charge >= 0.3 is 0 Å². The highest BCUT2D eigenvalue weighted by atomic mass is 16.5. The van der Waals surface area contributed by atoms with Crippen LogP contribution in [0.2, 0.25) is 0 Å². The van der Waals surface area contributed by atoms with E-state index in [1.807, 2.05) is 37.3 Å². The summed E-state index contributed by atoms with van der Waals surface area (Å²) in [6.07, 6.45) is 4.79. The van der Waals surface area contributed by atoms with Gasteiger partial charge in [0.2, 0.25) is 5.88 Å². The van der Waals surface area contributed by atoms with Gasteiger partial charge in [0.25, 0.3) is 0 Å². The molecule has 3 aromatic heterocycles. The highest BCUT2D eigenvalue weighted by Gasteiger charge is 2.40. The fourth-order valence-electron chi connectivity index (χ4n) is 5.59. The Hall–Kier alpha value is -4.55. The molecule has 0 bridgehead atoms. The monoisotopic (exact) mass is 539 g/mol. The normalized spacial score (nSPS) is 19.2. The molecule has 7 rings (SSSR count). The second-order valence-electron chi connectivity index (χ2n) is 10.1. The number of anilines is 3. The number of likely N-dealkylation sites (N-methyl/N-ethyl adjacent to an activating group) is 1. The van der Waals surface area contributed by atoms with E-state index in [9.17, 15) is 0 Å². The Balaban J connectivity index is 1.21. The van der Waals surface area contributed by atoms with E-state index in [0.29, 0.717) is 29.1 Å². The summed E-state index contributed by atoms with van der Waals surface area (Å²) < 4.78 is 19.6. The van der Waals surface area contributed by atoms with E-state index in [0.717, 1.165) is 59.8 Å². The highest BCUT2D eigenvalue weighted by molar-refractivity contribution is 6.03. The molecule has 204 valence electrons. The second-order valence-corrected chi connectivity index (χ2v) is 10.1. The minimum absolute atomic E-state index is 0.148. The van der Waals surface area contributed by atoms with E-state index < -0.39 is 0 Å². The van der Waals surface area contributed by atoms with Gasteiger partial charge in [-0.2, -0.15) is 5.10 Å². The van der Waals surface area contributed by atoms with Crippen molar-refractivity contribution < 1.29 is 14.2 Å². The van der Waals surface area contributed by atoms with Crippen molar-refractivity contribution in [3.05, 3.63) is 60.9 Å². The minimum atomic E-state index is 0.148. The van der Waals surface area contributed by atoms with Gasteiger partial charge in [0.1, 0.15) is 36.3 Å². The molecule has 5 heterocycles. The first-order chi connectivity index (χ1) is 19.6. The third kappa shape index (κ3) is 4.31. The van der Waals surface area contributed by atoms with Gasteiger partial charge in [0.05, 0.1) is 42.5 Å². The van der Waals surface area contributed by atoms with E-state index in [1.54, 1.807) is 30.3 Å². The lowest BCUT2D eigenvalue weighted by Gasteiger charge is -2.33. The summed E-state index contributed by atoms with van der Waals surface area (Å²) in [7, 11) is 3.87. The molecule has 0 saturated carbocycles.